The number of anilines is 3. The Morgan fingerprint density at radius 2 is 0.756 bits per heavy atom. The van der Waals surface area contributed by atoms with Crippen molar-refractivity contribution >= 4 is 70.9 Å². The molecule has 0 heterocycles. The van der Waals surface area contributed by atoms with Gasteiger partial charge in [-0.1, -0.05) is 127 Å². The second-order valence-corrected chi connectivity index (χ2v) is 11.7. The number of para-hydroxylation sites is 2. The lowest BCUT2D eigenvalue weighted by atomic mass is 9.90. The van der Waals surface area contributed by atoms with Crippen molar-refractivity contribution in [1.82, 2.24) is 0 Å². The molecule has 1 heteroatoms. The van der Waals surface area contributed by atoms with Gasteiger partial charge in [-0.25, -0.2) is 0 Å². The summed E-state index contributed by atoms with van der Waals surface area (Å²) >= 11 is 0. The second-order valence-electron chi connectivity index (χ2n) is 11.7. The molecular formula is C44H29N. The van der Waals surface area contributed by atoms with Gasteiger partial charge in [-0.05, 0) is 108 Å². The molecular weight excluding hydrogens is 542 g/mol. The zero-order valence-electron chi connectivity index (χ0n) is 24.7. The van der Waals surface area contributed by atoms with Gasteiger partial charge in [-0.2, -0.15) is 0 Å². The maximum Gasteiger partial charge on any atom is 0.0540 e. The largest absolute Gasteiger partial charge is 0.310 e. The molecule has 9 aromatic carbocycles. The Bertz CT molecular complexity index is 2490. The summed E-state index contributed by atoms with van der Waals surface area (Å²) in [6.07, 6.45) is 0. The Balaban J connectivity index is 1.25. The zero-order valence-corrected chi connectivity index (χ0v) is 24.7. The topological polar surface area (TPSA) is 3.24 Å². The van der Waals surface area contributed by atoms with E-state index in [1.54, 1.807) is 0 Å². The lowest BCUT2D eigenvalue weighted by Crippen LogP contribution is -2.10. The van der Waals surface area contributed by atoms with Crippen LogP contribution in [0.25, 0.3) is 65.0 Å². The summed E-state index contributed by atoms with van der Waals surface area (Å²) in [7, 11) is 0. The van der Waals surface area contributed by atoms with Crippen LogP contribution in [-0.4, -0.2) is 0 Å². The summed E-state index contributed by atoms with van der Waals surface area (Å²) in [5.41, 5.74) is 5.90. The normalized spacial score (nSPS) is 11.6. The molecule has 0 aliphatic heterocycles. The molecule has 45 heavy (non-hydrogen) atoms. The van der Waals surface area contributed by atoms with Gasteiger partial charge in [0.05, 0.1) is 5.69 Å². The van der Waals surface area contributed by atoms with Gasteiger partial charge in [0.15, 0.2) is 0 Å². The molecule has 0 aliphatic carbocycles. The van der Waals surface area contributed by atoms with Crippen molar-refractivity contribution in [2.75, 3.05) is 4.90 Å². The van der Waals surface area contributed by atoms with E-state index in [2.05, 4.69) is 181 Å². The van der Waals surface area contributed by atoms with Crippen molar-refractivity contribution < 1.29 is 0 Å². The Morgan fingerprint density at radius 1 is 0.289 bits per heavy atom. The lowest BCUT2D eigenvalue weighted by Gasteiger charge is -2.27. The van der Waals surface area contributed by atoms with E-state index in [1.165, 1.54) is 65.0 Å². The molecule has 0 atom stereocenters. The van der Waals surface area contributed by atoms with Crippen LogP contribution < -0.4 is 4.90 Å². The molecule has 0 bridgehead atoms. The minimum Gasteiger partial charge on any atom is -0.310 e. The van der Waals surface area contributed by atoms with E-state index in [9.17, 15) is 0 Å². The molecule has 0 fully saturated rings. The van der Waals surface area contributed by atoms with E-state index >= 15 is 0 Å². The molecule has 0 spiro atoms. The highest BCUT2D eigenvalue weighted by atomic mass is 15.1. The third-order valence-corrected chi connectivity index (χ3v) is 9.18. The smallest absolute Gasteiger partial charge is 0.0540 e. The minimum atomic E-state index is 1.14. The van der Waals surface area contributed by atoms with Crippen LogP contribution >= 0.6 is 0 Å². The average molecular weight is 572 g/mol. The molecule has 0 N–H and O–H groups in total. The van der Waals surface area contributed by atoms with Crippen LogP contribution in [0.1, 0.15) is 0 Å². The van der Waals surface area contributed by atoms with Crippen LogP contribution in [0, 0.1) is 0 Å². The van der Waals surface area contributed by atoms with Crippen LogP contribution in [-0.2, 0) is 0 Å². The van der Waals surface area contributed by atoms with Gasteiger partial charge >= 0.3 is 0 Å². The number of rotatable bonds is 4. The monoisotopic (exact) mass is 571 g/mol. The van der Waals surface area contributed by atoms with Crippen molar-refractivity contribution in [1.29, 1.82) is 0 Å². The first-order valence-electron chi connectivity index (χ1n) is 15.5. The number of hydrogen-bond donors (Lipinski definition) is 0. The van der Waals surface area contributed by atoms with Gasteiger partial charge in [-0.3, -0.25) is 0 Å². The first-order chi connectivity index (χ1) is 22.3. The van der Waals surface area contributed by atoms with Crippen molar-refractivity contribution in [3.63, 3.8) is 0 Å². The fourth-order valence-electron chi connectivity index (χ4n) is 7.13. The van der Waals surface area contributed by atoms with Gasteiger partial charge in [0, 0.05) is 16.8 Å². The Hall–Kier alpha value is -5.92. The van der Waals surface area contributed by atoms with Crippen LogP contribution in [0.4, 0.5) is 17.1 Å². The maximum atomic E-state index is 2.39. The lowest BCUT2D eigenvalue weighted by molar-refractivity contribution is 1.30. The van der Waals surface area contributed by atoms with Crippen LogP contribution in [0.15, 0.2) is 176 Å². The van der Waals surface area contributed by atoms with Crippen molar-refractivity contribution in [3.05, 3.63) is 176 Å². The van der Waals surface area contributed by atoms with Crippen LogP contribution in [0.3, 0.4) is 0 Å². The first kappa shape index (κ1) is 25.6. The van der Waals surface area contributed by atoms with E-state index in [0.29, 0.717) is 0 Å². The van der Waals surface area contributed by atoms with E-state index < -0.39 is 0 Å². The Morgan fingerprint density at radius 3 is 1.33 bits per heavy atom. The minimum absolute atomic E-state index is 1.14. The fourth-order valence-corrected chi connectivity index (χ4v) is 7.13. The van der Waals surface area contributed by atoms with Gasteiger partial charge in [0.1, 0.15) is 0 Å². The van der Waals surface area contributed by atoms with Crippen molar-refractivity contribution in [2.45, 2.75) is 0 Å². The third kappa shape index (κ3) is 4.17. The highest BCUT2D eigenvalue weighted by molar-refractivity contribution is 6.27. The van der Waals surface area contributed by atoms with Gasteiger partial charge in [-0.15, -0.1) is 0 Å². The molecule has 9 rings (SSSR count). The standard InChI is InChI=1S/C44H29N/c1-3-13-33(14-4-1)45(34-15-5-2-6-16-34)44-26-25-35(36-17-11-12-22-41(36)44)31-24-23-30-28-42-39-20-9-7-18-37(39)38-19-8-10-21-40(38)43(42)29-32(30)27-31/h1-29H. The second kappa shape index (κ2) is 10.4. The summed E-state index contributed by atoms with van der Waals surface area (Å²) in [6, 6.07) is 63.9. The van der Waals surface area contributed by atoms with Crippen LogP contribution in [0.2, 0.25) is 0 Å². The SMILES string of the molecule is c1ccc(N(c2ccccc2)c2ccc(-c3ccc4cc5c6ccccc6c6ccccc6c5cc4c3)c3ccccc23)cc1. The highest BCUT2D eigenvalue weighted by Crippen LogP contribution is 2.43. The molecule has 0 aliphatic rings. The van der Waals surface area contributed by atoms with Gasteiger partial charge in [0.2, 0.25) is 0 Å². The number of benzene rings is 9. The predicted molar refractivity (Wildman–Crippen MR) is 194 cm³/mol. The molecule has 1 nitrogen and oxygen atoms in total. The predicted octanol–water partition coefficient (Wildman–Crippen LogP) is 12.6. The summed E-state index contributed by atoms with van der Waals surface area (Å²) in [6.45, 7) is 0. The summed E-state index contributed by atoms with van der Waals surface area (Å²) < 4.78 is 0. The molecule has 0 saturated carbocycles. The molecule has 0 unspecified atom stereocenters. The Labute approximate surface area is 262 Å². The maximum absolute atomic E-state index is 2.39. The highest BCUT2D eigenvalue weighted by Gasteiger charge is 2.17. The molecule has 0 aromatic heterocycles. The van der Waals surface area contributed by atoms with E-state index in [0.717, 1.165) is 17.1 Å². The van der Waals surface area contributed by atoms with Gasteiger partial charge in [0.25, 0.3) is 0 Å². The van der Waals surface area contributed by atoms with E-state index in [4.69, 9.17) is 0 Å². The molecule has 0 radical (unpaired) electrons. The first-order valence-corrected chi connectivity index (χ1v) is 15.5. The van der Waals surface area contributed by atoms with E-state index in [-0.39, 0.29) is 0 Å². The molecule has 0 amide bonds. The molecule has 210 valence electrons. The van der Waals surface area contributed by atoms with Crippen LogP contribution in [0.5, 0.6) is 0 Å². The molecule has 9 aromatic rings. The molecule has 0 saturated heterocycles. The summed E-state index contributed by atoms with van der Waals surface area (Å²) in [5.74, 6) is 0. The van der Waals surface area contributed by atoms with Crippen molar-refractivity contribution in [2.24, 2.45) is 0 Å². The summed E-state index contributed by atoms with van der Waals surface area (Å²) in [5, 5.41) is 12.8. The van der Waals surface area contributed by atoms with Gasteiger partial charge < -0.3 is 4.90 Å². The average Bonchev–Trinajstić information content (AvgIpc) is 3.12. The van der Waals surface area contributed by atoms with E-state index in [1.807, 2.05) is 0 Å². The third-order valence-electron chi connectivity index (χ3n) is 9.18. The fraction of sp³-hybridized carbons (Fsp3) is 0. The quantitative estimate of drug-likeness (QED) is 0.150. The Kier molecular flexibility index (Phi) is 5.89. The van der Waals surface area contributed by atoms with Crippen molar-refractivity contribution in [3.8, 4) is 11.1 Å². The number of nitrogens with zero attached hydrogens (tertiary/aromatic N) is 1. The summed E-state index contributed by atoms with van der Waals surface area (Å²) in [4.78, 5) is 2.36. The number of hydrogen-bond acceptors (Lipinski definition) is 1. The number of fused-ring (bicyclic) bond motifs is 8. The zero-order chi connectivity index (χ0) is 29.7.